The highest BCUT2D eigenvalue weighted by molar-refractivity contribution is 6.30. The highest BCUT2D eigenvalue weighted by atomic mass is 35.5. The molecule has 1 aliphatic heterocycles. The summed E-state index contributed by atoms with van der Waals surface area (Å²) in [6, 6.07) is 7.77. The van der Waals surface area contributed by atoms with Crippen LogP contribution in [0.3, 0.4) is 0 Å². The molecule has 0 saturated carbocycles. The van der Waals surface area contributed by atoms with Crippen molar-refractivity contribution in [2.75, 3.05) is 13.1 Å². The zero-order chi connectivity index (χ0) is 12.3. The molecule has 3 nitrogen and oxygen atoms in total. The SMILES string of the molecule is NC(=O)CC1(c2ccc(Cl)cc2)CCNCC1. The van der Waals surface area contributed by atoms with Crippen LogP contribution in [0, 0.1) is 0 Å². The van der Waals surface area contributed by atoms with Gasteiger partial charge in [-0.05, 0) is 43.6 Å². The summed E-state index contributed by atoms with van der Waals surface area (Å²) < 4.78 is 0. The van der Waals surface area contributed by atoms with E-state index in [9.17, 15) is 4.79 Å². The van der Waals surface area contributed by atoms with Crippen LogP contribution in [0.1, 0.15) is 24.8 Å². The minimum absolute atomic E-state index is 0.109. The Hall–Kier alpha value is -1.06. The van der Waals surface area contributed by atoms with E-state index < -0.39 is 0 Å². The monoisotopic (exact) mass is 252 g/mol. The van der Waals surface area contributed by atoms with Gasteiger partial charge in [0.1, 0.15) is 0 Å². The Morgan fingerprint density at radius 3 is 2.41 bits per heavy atom. The standard InChI is InChI=1S/C13H17ClN2O/c14-11-3-1-10(2-4-11)13(9-12(15)17)5-7-16-8-6-13/h1-4,16H,5-9H2,(H2,15,17). The number of hydrogen-bond acceptors (Lipinski definition) is 2. The quantitative estimate of drug-likeness (QED) is 0.863. The first kappa shape index (κ1) is 12.4. The number of halogens is 1. The van der Waals surface area contributed by atoms with E-state index in [4.69, 9.17) is 17.3 Å². The Morgan fingerprint density at radius 2 is 1.88 bits per heavy atom. The Balaban J connectivity index is 2.31. The summed E-state index contributed by atoms with van der Waals surface area (Å²) in [5.74, 6) is -0.234. The lowest BCUT2D eigenvalue weighted by Crippen LogP contribution is -2.42. The Bertz CT molecular complexity index is 396. The van der Waals surface area contributed by atoms with Gasteiger partial charge in [0.05, 0.1) is 0 Å². The van der Waals surface area contributed by atoms with Gasteiger partial charge in [0.2, 0.25) is 5.91 Å². The Labute approximate surface area is 106 Å². The summed E-state index contributed by atoms with van der Waals surface area (Å²) in [4.78, 5) is 11.3. The van der Waals surface area contributed by atoms with Crippen molar-refractivity contribution in [1.82, 2.24) is 5.32 Å². The van der Waals surface area contributed by atoms with E-state index in [-0.39, 0.29) is 11.3 Å². The summed E-state index contributed by atoms with van der Waals surface area (Å²) in [6.45, 7) is 1.85. The van der Waals surface area contributed by atoms with Crippen molar-refractivity contribution in [3.8, 4) is 0 Å². The van der Waals surface area contributed by atoms with E-state index in [1.54, 1.807) is 0 Å². The summed E-state index contributed by atoms with van der Waals surface area (Å²) in [7, 11) is 0. The van der Waals surface area contributed by atoms with E-state index in [0.29, 0.717) is 6.42 Å². The minimum atomic E-state index is -0.234. The van der Waals surface area contributed by atoms with E-state index >= 15 is 0 Å². The van der Waals surface area contributed by atoms with E-state index in [2.05, 4.69) is 5.32 Å². The topological polar surface area (TPSA) is 55.1 Å². The van der Waals surface area contributed by atoms with E-state index in [0.717, 1.165) is 31.0 Å². The first-order chi connectivity index (χ1) is 8.12. The van der Waals surface area contributed by atoms with Crippen molar-refractivity contribution in [2.24, 2.45) is 5.73 Å². The highest BCUT2D eigenvalue weighted by Gasteiger charge is 2.35. The number of benzene rings is 1. The van der Waals surface area contributed by atoms with E-state index in [1.165, 1.54) is 5.56 Å². The summed E-state index contributed by atoms with van der Waals surface area (Å²) in [5, 5.41) is 4.04. The first-order valence-corrected chi connectivity index (χ1v) is 6.25. The van der Waals surface area contributed by atoms with Crippen LogP contribution in [0.2, 0.25) is 5.02 Å². The zero-order valence-corrected chi connectivity index (χ0v) is 10.5. The molecule has 1 amide bonds. The fourth-order valence-electron chi connectivity index (χ4n) is 2.61. The van der Waals surface area contributed by atoms with Gasteiger partial charge in [0.25, 0.3) is 0 Å². The molecule has 0 unspecified atom stereocenters. The van der Waals surface area contributed by atoms with Gasteiger partial charge in [-0.25, -0.2) is 0 Å². The maximum Gasteiger partial charge on any atom is 0.218 e. The van der Waals surface area contributed by atoms with Crippen LogP contribution in [-0.4, -0.2) is 19.0 Å². The fraction of sp³-hybridized carbons (Fsp3) is 0.462. The predicted octanol–water partition coefficient (Wildman–Crippen LogP) is 1.84. The number of piperidine rings is 1. The highest BCUT2D eigenvalue weighted by Crippen LogP contribution is 2.37. The molecule has 17 heavy (non-hydrogen) atoms. The number of hydrogen-bond donors (Lipinski definition) is 2. The molecule has 0 spiro atoms. The molecule has 0 atom stereocenters. The molecule has 1 aliphatic rings. The van der Waals surface area contributed by atoms with E-state index in [1.807, 2.05) is 24.3 Å². The van der Waals surface area contributed by atoms with Gasteiger partial charge in [0.15, 0.2) is 0 Å². The van der Waals surface area contributed by atoms with Gasteiger partial charge in [0, 0.05) is 16.9 Å². The molecule has 3 N–H and O–H groups in total. The molecule has 92 valence electrons. The van der Waals surface area contributed by atoms with Gasteiger partial charge in [-0.15, -0.1) is 0 Å². The maximum atomic E-state index is 11.3. The molecule has 0 aromatic heterocycles. The molecule has 1 saturated heterocycles. The van der Waals surface area contributed by atoms with Crippen molar-refractivity contribution >= 4 is 17.5 Å². The summed E-state index contributed by atoms with van der Waals surface area (Å²) >= 11 is 5.90. The van der Waals surface area contributed by atoms with Crippen LogP contribution in [0.4, 0.5) is 0 Å². The normalized spacial score (nSPS) is 18.9. The molecule has 0 bridgehead atoms. The molecule has 0 radical (unpaired) electrons. The Morgan fingerprint density at radius 1 is 1.29 bits per heavy atom. The van der Waals surface area contributed by atoms with Crippen LogP contribution >= 0.6 is 11.6 Å². The van der Waals surface area contributed by atoms with Crippen molar-refractivity contribution in [1.29, 1.82) is 0 Å². The molecule has 0 aliphatic carbocycles. The van der Waals surface area contributed by atoms with Crippen LogP contribution in [0.5, 0.6) is 0 Å². The van der Waals surface area contributed by atoms with Crippen molar-refractivity contribution in [3.05, 3.63) is 34.9 Å². The number of nitrogens with one attached hydrogen (secondary N) is 1. The maximum absolute atomic E-state index is 11.3. The van der Waals surface area contributed by atoms with Gasteiger partial charge in [-0.2, -0.15) is 0 Å². The molecule has 1 fully saturated rings. The Kier molecular flexibility index (Phi) is 3.69. The fourth-order valence-corrected chi connectivity index (χ4v) is 2.74. The third-order valence-electron chi connectivity index (χ3n) is 3.53. The third-order valence-corrected chi connectivity index (χ3v) is 3.78. The van der Waals surface area contributed by atoms with Gasteiger partial charge >= 0.3 is 0 Å². The van der Waals surface area contributed by atoms with Crippen LogP contribution in [0.25, 0.3) is 0 Å². The molecule has 2 rings (SSSR count). The van der Waals surface area contributed by atoms with Crippen LogP contribution < -0.4 is 11.1 Å². The van der Waals surface area contributed by atoms with Crippen molar-refractivity contribution in [2.45, 2.75) is 24.7 Å². The molecule has 1 aromatic carbocycles. The largest absolute Gasteiger partial charge is 0.370 e. The second-order valence-electron chi connectivity index (χ2n) is 4.68. The summed E-state index contributed by atoms with van der Waals surface area (Å²) in [6.07, 6.45) is 2.30. The molecular formula is C13H17ClN2O. The number of primary amides is 1. The number of carbonyl (C=O) groups excluding carboxylic acids is 1. The average Bonchev–Trinajstić information content (AvgIpc) is 2.30. The zero-order valence-electron chi connectivity index (χ0n) is 9.71. The van der Waals surface area contributed by atoms with Gasteiger partial charge < -0.3 is 11.1 Å². The molecular weight excluding hydrogens is 236 g/mol. The minimum Gasteiger partial charge on any atom is -0.370 e. The van der Waals surface area contributed by atoms with Gasteiger partial charge in [-0.1, -0.05) is 23.7 Å². The van der Waals surface area contributed by atoms with Gasteiger partial charge in [-0.3, -0.25) is 4.79 Å². The number of rotatable bonds is 3. The summed E-state index contributed by atoms with van der Waals surface area (Å²) in [5.41, 5.74) is 6.45. The lowest BCUT2D eigenvalue weighted by molar-refractivity contribution is -0.119. The first-order valence-electron chi connectivity index (χ1n) is 5.87. The smallest absolute Gasteiger partial charge is 0.218 e. The second kappa shape index (κ2) is 5.07. The van der Waals surface area contributed by atoms with Crippen LogP contribution in [0.15, 0.2) is 24.3 Å². The van der Waals surface area contributed by atoms with Crippen molar-refractivity contribution in [3.63, 3.8) is 0 Å². The van der Waals surface area contributed by atoms with Crippen molar-refractivity contribution < 1.29 is 4.79 Å². The molecule has 4 heteroatoms. The third kappa shape index (κ3) is 2.79. The lowest BCUT2D eigenvalue weighted by Gasteiger charge is -2.37. The number of carbonyl (C=O) groups is 1. The molecule has 1 heterocycles. The molecule has 1 aromatic rings. The van der Waals surface area contributed by atoms with Crippen LogP contribution in [-0.2, 0) is 10.2 Å². The average molecular weight is 253 g/mol. The lowest BCUT2D eigenvalue weighted by atomic mass is 9.71. The number of amides is 1. The second-order valence-corrected chi connectivity index (χ2v) is 5.12. The number of nitrogens with two attached hydrogens (primary N) is 1. The predicted molar refractivity (Wildman–Crippen MR) is 69.0 cm³/mol.